The van der Waals surface area contributed by atoms with Gasteiger partial charge in [-0.25, -0.2) is 9.48 Å². The summed E-state index contributed by atoms with van der Waals surface area (Å²) in [6, 6.07) is 5.29. The highest BCUT2D eigenvalue weighted by molar-refractivity contribution is 5.86. The summed E-state index contributed by atoms with van der Waals surface area (Å²) >= 11 is 0. The minimum absolute atomic E-state index is 0.160. The smallest absolute Gasteiger partial charge is 0.410 e. The number of nitrogens with one attached hydrogen (secondary N) is 1. The molecule has 8 heteroatoms. The second kappa shape index (κ2) is 6.93. The summed E-state index contributed by atoms with van der Waals surface area (Å²) in [5.74, 6) is -0.160. The lowest BCUT2D eigenvalue weighted by atomic mass is 10.1. The molecule has 0 saturated carbocycles. The molecule has 3 rings (SSSR count). The summed E-state index contributed by atoms with van der Waals surface area (Å²) in [4.78, 5) is 26.4. The molecular formula is C18H25N5O3. The van der Waals surface area contributed by atoms with Crippen LogP contribution in [0.5, 0.6) is 0 Å². The third kappa shape index (κ3) is 3.95. The van der Waals surface area contributed by atoms with Gasteiger partial charge in [0.05, 0.1) is 5.52 Å². The zero-order valence-electron chi connectivity index (χ0n) is 15.7. The van der Waals surface area contributed by atoms with E-state index in [4.69, 9.17) is 4.74 Å². The van der Waals surface area contributed by atoms with Gasteiger partial charge in [-0.1, -0.05) is 11.3 Å². The SMILES string of the molecule is Cn1nnc2cc(CNC(=O)C3CCCN3C(=O)OC(C)(C)C)ccc21. The molecule has 2 amide bonds. The lowest BCUT2D eigenvalue weighted by Crippen LogP contribution is -2.47. The molecule has 1 fully saturated rings. The van der Waals surface area contributed by atoms with Crippen LogP contribution in [0.15, 0.2) is 18.2 Å². The Bertz CT molecular complexity index is 824. The minimum Gasteiger partial charge on any atom is -0.444 e. The van der Waals surface area contributed by atoms with Crippen LogP contribution < -0.4 is 5.32 Å². The van der Waals surface area contributed by atoms with Crippen molar-refractivity contribution in [1.29, 1.82) is 0 Å². The van der Waals surface area contributed by atoms with Gasteiger partial charge in [0, 0.05) is 20.1 Å². The fourth-order valence-electron chi connectivity index (χ4n) is 3.08. The Morgan fingerprint density at radius 1 is 1.35 bits per heavy atom. The fraction of sp³-hybridized carbons (Fsp3) is 0.556. The van der Waals surface area contributed by atoms with E-state index in [1.165, 1.54) is 4.90 Å². The number of fused-ring (bicyclic) bond motifs is 1. The standard InChI is InChI=1S/C18H25N5O3/c1-18(2,3)26-17(25)23-9-5-6-15(23)16(24)19-11-12-7-8-14-13(10-12)20-21-22(14)4/h7-8,10,15H,5-6,9,11H2,1-4H3,(H,19,24). The number of rotatable bonds is 3. The molecule has 140 valence electrons. The molecule has 2 heterocycles. The van der Waals surface area contributed by atoms with Gasteiger partial charge in [-0.2, -0.15) is 0 Å². The van der Waals surface area contributed by atoms with Crippen LogP contribution in [0.2, 0.25) is 0 Å². The number of aryl methyl sites for hydroxylation is 1. The molecule has 0 bridgehead atoms. The van der Waals surface area contributed by atoms with E-state index in [0.717, 1.165) is 23.0 Å². The molecule has 0 spiro atoms. The van der Waals surface area contributed by atoms with Crippen molar-refractivity contribution < 1.29 is 14.3 Å². The van der Waals surface area contributed by atoms with Crippen molar-refractivity contribution in [3.63, 3.8) is 0 Å². The molecule has 1 aliphatic rings. The largest absolute Gasteiger partial charge is 0.444 e. The molecule has 1 aromatic carbocycles. The number of benzene rings is 1. The van der Waals surface area contributed by atoms with Gasteiger partial charge in [-0.3, -0.25) is 9.69 Å². The Morgan fingerprint density at radius 3 is 2.85 bits per heavy atom. The quantitative estimate of drug-likeness (QED) is 0.905. The average molecular weight is 359 g/mol. The number of hydrogen-bond donors (Lipinski definition) is 1. The second-order valence-corrected chi connectivity index (χ2v) is 7.59. The van der Waals surface area contributed by atoms with Crippen molar-refractivity contribution in [2.75, 3.05) is 6.54 Å². The van der Waals surface area contributed by atoms with Crippen molar-refractivity contribution in [2.45, 2.75) is 51.8 Å². The lowest BCUT2D eigenvalue weighted by Gasteiger charge is -2.28. The van der Waals surface area contributed by atoms with E-state index in [1.54, 1.807) is 4.68 Å². The molecule has 0 radical (unpaired) electrons. The number of hydrogen-bond acceptors (Lipinski definition) is 5. The third-order valence-corrected chi connectivity index (χ3v) is 4.33. The predicted octanol–water partition coefficient (Wildman–Crippen LogP) is 1.98. The summed E-state index contributed by atoms with van der Waals surface area (Å²) in [7, 11) is 1.84. The van der Waals surface area contributed by atoms with Crippen molar-refractivity contribution in [3.05, 3.63) is 23.8 Å². The third-order valence-electron chi connectivity index (χ3n) is 4.33. The Hall–Kier alpha value is -2.64. The summed E-state index contributed by atoms with van der Waals surface area (Å²) in [6.07, 6.45) is 1.01. The Balaban J connectivity index is 1.62. The Morgan fingerprint density at radius 2 is 2.12 bits per heavy atom. The minimum atomic E-state index is -0.577. The second-order valence-electron chi connectivity index (χ2n) is 7.59. The van der Waals surface area contributed by atoms with Crippen LogP contribution in [0.1, 0.15) is 39.2 Å². The van der Waals surface area contributed by atoms with Gasteiger partial charge in [0.25, 0.3) is 0 Å². The maximum atomic E-state index is 12.6. The topological polar surface area (TPSA) is 89.4 Å². The van der Waals surface area contributed by atoms with Gasteiger partial charge >= 0.3 is 6.09 Å². The molecule has 1 N–H and O–H groups in total. The molecule has 1 atom stereocenters. The summed E-state index contributed by atoms with van der Waals surface area (Å²) < 4.78 is 7.11. The molecule has 1 aliphatic heterocycles. The zero-order chi connectivity index (χ0) is 18.9. The van der Waals surface area contributed by atoms with Crippen LogP contribution in [-0.4, -0.2) is 50.1 Å². The molecule has 1 unspecified atom stereocenters. The maximum absolute atomic E-state index is 12.6. The van der Waals surface area contributed by atoms with Gasteiger partial charge < -0.3 is 10.1 Å². The molecule has 1 saturated heterocycles. The average Bonchev–Trinajstić information content (AvgIpc) is 3.18. The van der Waals surface area contributed by atoms with Gasteiger partial charge in [-0.15, -0.1) is 5.10 Å². The molecule has 1 aromatic heterocycles. The van der Waals surface area contributed by atoms with Crippen LogP contribution in [0, 0.1) is 0 Å². The first-order valence-electron chi connectivity index (χ1n) is 8.80. The van der Waals surface area contributed by atoms with Crippen molar-refractivity contribution >= 4 is 23.0 Å². The van der Waals surface area contributed by atoms with Crippen LogP contribution in [-0.2, 0) is 23.1 Å². The van der Waals surface area contributed by atoms with E-state index in [-0.39, 0.29) is 5.91 Å². The molecule has 0 aliphatic carbocycles. The van der Waals surface area contributed by atoms with E-state index in [9.17, 15) is 9.59 Å². The highest BCUT2D eigenvalue weighted by Gasteiger charge is 2.36. The molecule has 8 nitrogen and oxygen atoms in total. The van der Waals surface area contributed by atoms with E-state index < -0.39 is 17.7 Å². The highest BCUT2D eigenvalue weighted by Crippen LogP contribution is 2.21. The molecular weight excluding hydrogens is 334 g/mol. The highest BCUT2D eigenvalue weighted by atomic mass is 16.6. The van der Waals surface area contributed by atoms with E-state index >= 15 is 0 Å². The predicted molar refractivity (Wildman–Crippen MR) is 96.3 cm³/mol. The van der Waals surface area contributed by atoms with E-state index in [0.29, 0.717) is 19.5 Å². The van der Waals surface area contributed by atoms with Crippen molar-refractivity contribution in [3.8, 4) is 0 Å². The van der Waals surface area contributed by atoms with Crippen molar-refractivity contribution in [1.82, 2.24) is 25.2 Å². The fourth-order valence-corrected chi connectivity index (χ4v) is 3.08. The van der Waals surface area contributed by atoms with Crippen LogP contribution in [0.25, 0.3) is 11.0 Å². The first kappa shape index (κ1) is 18.2. The van der Waals surface area contributed by atoms with Crippen LogP contribution in [0.4, 0.5) is 4.79 Å². The first-order chi connectivity index (χ1) is 12.2. The van der Waals surface area contributed by atoms with Gasteiger partial charge in [0.15, 0.2) is 0 Å². The Kier molecular flexibility index (Phi) is 4.84. The summed E-state index contributed by atoms with van der Waals surface area (Å²) in [5.41, 5.74) is 2.09. The van der Waals surface area contributed by atoms with Gasteiger partial charge in [0.2, 0.25) is 5.91 Å². The zero-order valence-corrected chi connectivity index (χ0v) is 15.7. The van der Waals surface area contributed by atoms with Gasteiger partial charge in [0.1, 0.15) is 17.2 Å². The number of aromatic nitrogens is 3. The van der Waals surface area contributed by atoms with Crippen LogP contribution in [0.3, 0.4) is 0 Å². The number of amides is 2. The number of carbonyl (C=O) groups is 2. The monoisotopic (exact) mass is 359 g/mol. The first-order valence-corrected chi connectivity index (χ1v) is 8.80. The van der Waals surface area contributed by atoms with Gasteiger partial charge in [-0.05, 0) is 51.3 Å². The van der Waals surface area contributed by atoms with Crippen molar-refractivity contribution in [2.24, 2.45) is 7.05 Å². The lowest BCUT2D eigenvalue weighted by molar-refractivity contribution is -0.125. The van der Waals surface area contributed by atoms with Crippen LogP contribution >= 0.6 is 0 Å². The summed E-state index contributed by atoms with van der Waals surface area (Å²) in [6.45, 7) is 6.37. The Labute approximate surface area is 152 Å². The normalized spacial score (nSPS) is 17.5. The number of ether oxygens (including phenoxy) is 1. The number of carbonyl (C=O) groups excluding carboxylic acids is 2. The molecule has 26 heavy (non-hydrogen) atoms. The van der Waals surface area contributed by atoms with E-state index in [2.05, 4.69) is 15.6 Å². The summed E-state index contributed by atoms with van der Waals surface area (Å²) in [5, 5.41) is 11.0. The number of likely N-dealkylation sites (tertiary alicyclic amines) is 1. The number of nitrogens with zero attached hydrogens (tertiary/aromatic N) is 4. The molecule has 2 aromatic rings. The van der Waals surface area contributed by atoms with E-state index in [1.807, 2.05) is 46.0 Å². The maximum Gasteiger partial charge on any atom is 0.410 e.